The molecule has 0 saturated carbocycles. The summed E-state index contributed by atoms with van der Waals surface area (Å²) >= 11 is 0. The molecule has 0 aliphatic carbocycles. The van der Waals surface area contributed by atoms with Crippen LogP contribution in [0.2, 0.25) is 0 Å². The number of nitrogens with two attached hydrogens (primary N) is 1. The number of hydrogen-bond acceptors (Lipinski definition) is 9. The molecule has 54 heavy (non-hydrogen) atoms. The molecule has 0 heterocycles. The minimum absolute atomic E-state index is 0.0956. The summed E-state index contributed by atoms with van der Waals surface area (Å²) in [7, 11) is 0. The summed E-state index contributed by atoms with van der Waals surface area (Å²) in [5.74, 6) is -1.04. The maximum atomic E-state index is 13.8. The molecule has 2 amide bonds. The van der Waals surface area contributed by atoms with Gasteiger partial charge in [-0.25, -0.2) is 9.59 Å². The zero-order valence-electron chi connectivity index (χ0n) is 31.8. The van der Waals surface area contributed by atoms with Crippen LogP contribution in [0.3, 0.4) is 0 Å². The molecule has 0 fully saturated rings. The molecule has 4 N–H and O–H groups in total. The third-order valence-corrected chi connectivity index (χ3v) is 7.84. The van der Waals surface area contributed by atoms with Crippen LogP contribution < -0.4 is 21.1 Å². The van der Waals surface area contributed by atoms with Gasteiger partial charge in [0.05, 0.1) is 5.56 Å². The highest BCUT2D eigenvalue weighted by Crippen LogP contribution is 2.31. The van der Waals surface area contributed by atoms with Crippen molar-refractivity contribution in [1.82, 2.24) is 5.32 Å². The number of rotatable bonds is 15. The normalized spacial score (nSPS) is 12.5. The molecular formula is C43H51N3O8. The Morgan fingerprint density at radius 3 is 1.96 bits per heavy atom. The van der Waals surface area contributed by atoms with Gasteiger partial charge in [-0.1, -0.05) is 72.8 Å². The fourth-order valence-corrected chi connectivity index (χ4v) is 5.31. The van der Waals surface area contributed by atoms with Crippen molar-refractivity contribution in [3.8, 4) is 16.9 Å². The molecule has 2 atom stereocenters. The van der Waals surface area contributed by atoms with Gasteiger partial charge < -0.3 is 35.3 Å². The number of carbonyl (C=O) groups is 4. The monoisotopic (exact) mass is 737 g/mol. The van der Waals surface area contributed by atoms with E-state index in [1.165, 1.54) is 0 Å². The number of carbonyl (C=O) groups excluding carboxylic acids is 4. The van der Waals surface area contributed by atoms with Crippen LogP contribution in [-0.2, 0) is 37.0 Å². The average Bonchev–Trinajstić information content (AvgIpc) is 3.12. The number of anilines is 1. The Hall–Kier alpha value is -5.68. The molecule has 0 aliphatic heterocycles. The first-order chi connectivity index (χ1) is 25.6. The minimum atomic E-state index is -1.05. The van der Waals surface area contributed by atoms with Crippen molar-refractivity contribution < 1.29 is 38.1 Å². The van der Waals surface area contributed by atoms with Gasteiger partial charge in [0.1, 0.15) is 42.2 Å². The third-order valence-electron chi connectivity index (χ3n) is 7.84. The molecule has 11 nitrogen and oxygen atoms in total. The Bertz CT molecular complexity index is 1870. The average molecular weight is 738 g/mol. The molecule has 11 heteroatoms. The van der Waals surface area contributed by atoms with Crippen LogP contribution >= 0.6 is 0 Å². The lowest BCUT2D eigenvalue weighted by Gasteiger charge is -2.24. The lowest BCUT2D eigenvalue weighted by atomic mass is 9.98. The number of esters is 2. The molecular weight excluding hydrogens is 686 g/mol. The predicted octanol–water partition coefficient (Wildman–Crippen LogP) is 7.96. The van der Waals surface area contributed by atoms with Crippen LogP contribution in [0, 0.1) is 0 Å². The molecule has 0 aliphatic rings. The SMILES string of the molecule is CC(C)(C)OC(=O)N[C@@H](CCCC(N)C(=O)OCc1ccccc1)C(=O)Nc1ccc(C(=O)OC(C)(C)C)c(-c2cccc(OCc3ccccc3)c2)c1. The minimum Gasteiger partial charge on any atom is -0.489 e. The number of amides is 2. The van der Waals surface area contributed by atoms with E-state index < -0.39 is 47.2 Å². The van der Waals surface area contributed by atoms with Crippen molar-refractivity contribution in [2.75, 3.05) is 5.32 Å². The Balaban J connectivity index is 1.53. The summed E-state index contributed by atoms with van der Waals surface area (Å²) in [6, 6.07) is 29.2. The van der Waals surface area contributed by atoms with Gasteiger partial charge in [0.25, 0.3) is 0 Å². The van der Waals surface area contributed by atoms with Crippen molar-refractivity contribution in [1.29, 1.82) is 0 Å². The van der Waals surface area contributed by atoms with Crippen molar-refractivity contribution in [3.63, 3.8) is 0 Å². The van der Waals surface area contributed by atoms with Crippen LogP contribution in [-0.4, -0.2) is 47.2 Å². The first-order valence-corrected chi connectivity index (χ1v) is 18.0. The van der Waals surface area contributed by atoms with E-state index in [0.717, 1.165) is 11.1 Å². The van der Waals surface area contributed by atoms with E-state index in [-0.39, 0.29) is 19.4 Å². The van der Waals surface area contributed by atoms with E-state index in [4.69, 9.17) is 24.7 Å². The van der Waals surface area contributed by atoms with Gasteiger partial charge in [-0.3, -0.25) is 9.59 Å². The van der Waals surface area contributed by atoms with Gasteiger partial charge in [-0.05, 0) is 113 Å². The smallest absolute Gasteiger partial charge is 0.408 e. The number of nitrogens with one attached hydrogen (secondary N) is 2. The number of ether oxygens (including phenoxy) is 4. The highest BCUT2D eigenvalue weighted by Gasteiger charge is 2.27. The van der Waals surface area contributed by atoms with E-state index in [9.17, 15) is 19.2 Å². The highest BCUT2D eigenvalue weighted by atomic mass is 16.6. The quantitative estimate of drug-likeness (QED) is 0.0814. The largest absolute Gasteiger partial charge is 0.489 e. The maximum absolute atomic E-state index is 13.8. The van der Waals surface area contributed by atoms with Crippen molar-refractivity contribution >= 4 is 29.6 Å². The standard InChI is InChI=1S/C43H51N3O8/c1-42(2,3)53-39(48)34-24-23-32(26-35(34)31-19-13-20-33(25-31)51-27-29-15-9-7-10-16-29)45-38(47)37(46-41(50)54-43(4,5)6)22-14-21-36(44)40(49)52-28-30-17-11-8-12-18-30/h7-13,15-20,23-26,36-37H,14,21-22,27-28,44H2,1-6H3,(H,45,47)(H,46,50)/t36?,37-/m0/s1. The van der Waals surface area contributed by atoms with E-state index in [1.807, 2.05) is 84.9 Å². The molecule has 1 unspecified atom stereocenters. The third kappa shape index (κ3) is 13.7. The molecule has 0 saturated heterocycles. The molecule has 0 aromatic heterocycles. The summed E-state index contributed by atoms with van der Waals surface area (Å²) in [5, 5.41) is 5.54. The number of hydrogen-bond donors (Lipinski definition) is 3. The van der Waals surface area contributed by atoms with E-state index in [2.05, 4.69) is 10.6 Å². The van der Waals surface area contributed by atoms with Crippen LogP contribution in [0.1, 0.15) is 82.3 Å². The molecule has 0 radical (unpaired) electrons. The molecule has 0 bridgehead atoms. The zero-order valence-corrected chi connectivity index (χ0v) is 31.8. The van der Waals surface area contributed by atoms with Gasteiger partial charge in [0.2, 0.25) is 5.91 Å². The van der Waals surface area contributed by atoms with Crippen LogP contribution in [0.4, 0.5) is 10.5 Å². The topological polar surface area (TPSA) is 155 Å². The second-order valence-corrected chi connectivity index (χ2v) is 14.9. The molecule has 4 aromatic carbocycles. The molecule has 4 aromatic rings. The van der Waals surface area contributed by atoms with E-state index >= 15 is 0 Å². The van der Waals surface area contributed by atoms with Crippen molar-refractivity contribution in [3.05, 3.63) is 120 Å². The summed E-state index contributed by atoms with van der Waals surface area (Å²) < 4.78 is 22.6. The Morgan fingerprint density at radius 1 is 0.704 bits per heavy atom. The van der Waals surface area contributed by atoms with Crippen LogP contribution in [0.15, 0.2) is 103 Å². The maximum Gasteiger partial charge on any atom is 0.408 e. The van der Waals surface area contributed by atoms with E-state index in [0.29, 0.717) is 41.2 Å². The Kier molecular flexibility index (Phi) is 14.4. The van der Waals surface area contributed by atoms with Gasteiger partial charge in [0.15, 0.2) is 0 Å². The van der Waals surface area contributed by atoms with Gasteiger partial charge >= 0.3 is 18.0 Å². The second-order valence-electron chi connectivity index (χ2n) is 14.9. The van der Waals surface area contributed by atoms with Crippen LogP contribution in [0.25, 0.3) is 11.1 Å². The zero-order chi connectivity index (χ0) is 39.3. The van der Waals surface area contributed by atoms with Crippen molar-refractivity contribution in [2.24, 2.45) is 5.73 Å². The second kappa shape index (κ2) is 18.9. The lowest BCUT2D eigenvalue weighted by molar-refractivity contribution is -0.146. The molecule has 4 rings (SSSR count). The van der Waals surface area contributed by atoms with Crippen LogP contribution in [0.5, 0.6) is 5.75 Å². The lowest BCUT2D eigenvalue weighted by Crippen LogP contribution is -2.46. The van der Waals surface area contributed by atoms with Crippen molar-refractivity contribution in [2.45, 2.75) is 97.3 Å². The Morgan fingerprint density at radius 2 is 1.33 bits per heavy atom. The highest BCUT2D eigenvalue weighted by molar-refractivity contribution is 6.01. The Labute approximate surface area is 317 Å². The summed E-state index contributed by atoms with van der Waals surface area (Å²) in [6.07, 6.45) is -0.102. The fraction of sp³-hybridized carbons (Fsp3) is 0.349. The summed E-state index contributed by atoms with van der Waals surface area (Å²) in [5.41, 5.74) is 8.24. The fourth-order valence-electron chi connectivity index (χ4n) is 5.31. The molecule has 0 spiro atoms. The van der Waals surface area contributed by atoms with E-state index in [1.54, 1.807) is 59.7 Å². The van der Waals surface area contributed by atoms with Gasteiger partial charge in [-0.15, -0.1) is 0 Å². The summed E-state index contributed by atoms with van der Waals surface area (Å²) in [4.78, 5) is 52.6. The first kappa shape index (κ1) is 41.1. The van der Waals surface area contributed by atoms with Gasteiger partial charge in [0, 0.05) is 5.69 Å². The molecule has 286 valence electrons. The summed E-state index contributed by atoms with van der Waals surface area (Å²) in [6.45, 7) is 11.0. The first-order valence-electron chi connectivity index (χ1n) is 18.0. The number of alkyl carbamates (subject to hydrolysis) is 1. The predicted molar refractivity (Wildman–Crippen MR) is 208 cm³/mol. The van der Waals surface area contributed by atoms with Gasteiger partial charge in [-0.2, -0.15) is 0 Å². The number of benzene rings is 4.